The Balaban J connectivity index is 1.59. The highest BCUT2D eigenvalue weighted by molar-refractivity contribution is 5.91. The molecule has 0 aromatic carbocycles. The van der Waals surface area contributed by atoms with Crippen LogP contribution in [-0.4, -0.2) is 17.9 Å². The number of hydrogen-bond donors (Lipinski definition) is 0. The van der Waals surface area contributed by atoms with Gasteiger partial charge in [-0.2, -0.15) is 0 Å². The van der Waals surface area contributed by atoms with Gasteiger partial charge in [0, 0.05) is 19.3 Å². The van der Waals surface area contributed by atoms with Crippen LogP contribution in [-0.2, 0) is 14.3 Å². The molecule has 0 amide bonds. The first kappa shape index (κ1) is 18.3. The van der Waals surface area contributed by atoms with Gasteiger partial charge in [0.05, 0.1) is 0 Å². The van der Waals surface area contributed by atoms with Gasteiger partial charge in [0.15, 0.2) is 5.78 Å². The molecule has 0 N–H and O–H groups in total. The molecule has 3 nitrogen and oxygen atoms in total. The third-order valence-corrected chi connectivity index (χ3v) is 8.95. The fraction of sp³-hybridized carbons (Fsp3) is 0.826. The number of carbonyl (C=O) groups is 2. The number of ether oxygens (including phenoxy) is 1. The minimum atomic E-state index is -0.148. The molecule has 0 aromatic heterocycles. The van der Waals surface area contributed by atoms with Crippen LogP contribution >= 0.6 is 0 Å². The Labute approximate surface area is 157 Å². The number of hydrogen-bond acceptors (Lipinski definition) is 3. The lowest BCUT2D eigenvalue weighted by molar-refractivity contribution is -0.152. The Morgan fingerprint density at radius 2 is 1.88 bits per heavy atom. The van der Waals surface area contributed by atoms with Crippen molar-refractivity contribution >= 4 is 11.8 Å². The van der Waals surface area contributed by atoms with Crippen molar-refractivity contribution in [3.8, 4) is 0 Å². The smallest absolute Gasteiger partial charge is 0.302 e. The number of ketones is 1. The second-order valence-corrected chi connectivity index (χ2v) is 10.0. The van der Waals surface area contributed by atoms with Gasteiger partial charge < -0.3 is 4.74 Å². The van der Waals surface area contributed by atoms with Crippen molar-refractivity contribution in [3.05, 3.63) is 11.6 Å². The first-order valence-corrected chi connectivity index (χ1v) is 10.7. The summed E-state index contributed by atoms with van der Waals surface area (Å²) in [6.07, 6.45) is 11.1. The molecule has 144 valence electrons. The first-order valence-electron chi connectivity index (χ1n) is 10.7. The zero-order valence-electron chi connectivity index (χ0n) is 16.8. The number of allylic oxidation sites excluding steroid dienone is 1. The van der Waals surface area contributed by atoms with Crippen LogP contribution in [0.3, 0.4) is 0 Å². The monoisotopic (exact) mass is 358 g/mol. The van der Waals surface area contributed by atoms with E-state index < -0.39 is 0 Å². The van der Waals surface area contributed by atoms with Crippen molar-refractivity contribution in [1.29, 1.82) is 0 Å². The maximum atomic E-state index is 11.9. The SMILES string of the molecule is CC(=O)O[C@@H](C)[C@H]1CC[C@H]2[C@H]3CCC4=CC(=O)CC[C@]4(C)[C@H]3CC[C@]12C. The molecule has 0 aliphatic heterocycles. The average Bonchev–Trinajstić information content (AvgIpc) is 2.92. The molecule has 26 heavy (non-hydrogen) atoms. The molecule has 0 spiro atoms. The summed E-state index contributed by atoms with van der Waals surface area (Å²) in [7, 11) is 0. The van der Waals surface area contributed by atoms with Crippen molar-refractivity contribution in [2.24, 2.45) is 34.5 Å². The fourth-order valence-electron chi connectivity index (χ4n) is 7.71. The Morgan fingerprint density at radius 1 is 1.12 bits per heavy atom. The number of carbonyl (C=O) groups excluding carboxylic acids is 2. The van der Waals surface area contributed by atoms with E-state index in [4.69, 9.17) is 4.74 Å². The predicted octanol–water partition coefficient (Wildman–Crippen LogP) is 5.09. The summed E-state index contributed by atoms with van der Waals surface area (Å²) in [5.74, 6) is 2.95. The van der Waals surface area contributed by atoms with E-state index in [0.717, 1.165) is 37.0 Å². The van der Waals surface area contributed by atoms with E-state index in [1.54, 1.807) is 0 Å². The van der Waals surface area contributed by atoms with Crippen molar-refractivity contribution in [2.45, 2.75) is 85.2 Å². The highest BCUT2D eigenvalue weighted by atomic mass is 16.5. The summed E-state index contributed by atoms with van der Waals surface area (Å²) in [6.45, 7) is 8.55. The molecule has 0 heterocycles. The topological polar surface area (TPSA) is 43.4 Å². The zero-order valence-corrected chi connectivity index (χ0v) is 16.8. The Morgan fingerprint density at radius 3 is 2.62 bits per heavy atom. The lowest BCUT2D eigenvalue weighted by Crippen LogP contribution is -2.51. The second kappa shape index (κ2) is 6.21. The number of esters is 1. The van der Waals surface area contributed by atoms with Crippen LogP contribution in [0.5, 0.6) is 0 Å². The minimum absolute atomic E-state index is 0.0287. The Kier molecular flexibility index (Phi) is 4.36. The summed E-state index contributed by atoms with van der Waals surface area (Å²) in [4.78, 5) is 23.4. The quantitative estimate of drug-likeness (QED) is 0.646. The van der Waals surface area contributed by atoms with Crippen LogP contribution in [0.15, 0.2) is 11.6 Å². The summed E-state index contributed by atoms with van der Waals surface area (Å²) < 4.78 is 5.62. The molecule has 0 bridgehead atoms. The molecule has 4 aliphatic rings. The van der Waals surface area contributed by atoms with Gasteiger partial charge in [-0.1, -0.05) is 19.4 Å². The van der Waals surface area contributed by atoms with E-state index in [2.05, 4.69) is 20.8 Å². The molecule has 0 unspecified atom stereocenters. The summed E-state index contributed by atoms with van der Waals surface area (Å²) >= 11 is 0. The molecule has 4 rings (SSSR count). The lowest BCUT2D eigenvalue weighted by atomic mass is 9.46. The van der Waals surface area contributed by atoms with Gasteiger partial charge in [0.1, 0.15) is 6.10 Å². The standard InChI is InChI=1S/C23H34O3/c1-14(26-15(2)24)19-7-8-20-18-6-5-16-13-17(25)9-11-22(16,3)21(18)10-12-23(19,20)4/h13-14,18-21H,5-12H2,1-4H3/t14-,18+,19+,20-,21-,22-,23+/m0/s1. The van der Waals surface area contributed by atoms with Gasteiger partial charge in [-0.3, -0.25) is 9.59 Å². The summed E-state index contributed by atoms with van der Waals surface area (Å²) in [5.41, 5.74) is 2.00. The van der Waals surface area contributed by atoms with Crippen LogP contribution in [0, 0.1) is 34.5 Å². The van der Waals surface area contributed by atoms with Crippen LogP contribution in [0.1, 0.15) is 79.1 Å². The zero-order chi connectivity index (χ0) is 18.7. The van der Waals surface area contributed by atoms with Crippen LogP contribution in [0.2, 0.25) is 0 Å². The molecule has 0 radical (unpaired) electrons. The number of rotatable bonds is 2. The largest absolute Gasteiger partial charge is 0.463 e. The van der Waals surface area contributed by atoms with Gasteiger partial charge in [0.25, 0.3) is 0 Å². The molecular formula is C23H34O3. The van der Waals surface area contributed by atoms with Gasteiger partial charge in [-0.15, -0.1) is 0 Å². The third-order valence-electron chi connectivity index (χ3n) is 8.95. The molecule has 3 fully saturated rings. The van der Waals surface area contributed by atoms with Gasteiger partial charge >= 0.3 is 5.97 Å². The number of fused-ring (bicyclic) bond motifs is 5. The summed E-state index contributed by atoms with van der Waals surface area (Å²) in [5, 5.41) is 0. The predicted molar refractivity (Wildman–Crippen MR) is 101 cm³/mol. The van der Waals surface area contributed by atoms with E-state index in [1.165, 1.54) is 44.6 Å². The van der Waals surface area contributed by atoms with Crippen LogP contribution < -0.4 is 0 Å². The molecule has 7 atom stereocenters. The Hall–Kier alpha value is -1.12. The van der Waals surface area contributed by atoms with E-state index in [-0.39, 0.29) is 17.5 Å². The fourth-order valence-corrected chi connectivity index (χ4v) is 7.71. The summed E-state index contributed by atoms with van der Waals surface area (Å²) in [6, 6.07) is 0. The lowest BCUT2D eigenvalue weighted by Gasteiger charge is -2.58. The van der Waals surface area contributed by atoms with Crippen molar-refractivity contribution < 1.29 is 14.3 Å². The second-order valence-electron chi connectivity index (χ2n) is 10.0. The highest BCUT2D eigenvalue weighted by Gasteiger charge is 2.59. The third kappa shape index (κ3) is 2.60. The maximum absolute atomic E-state index is 11.9. The molecule has 4 aliphatic carbocycles. The van der Waals surface area contributed by atoms with Crippen molar-refractivity contribution in [2.75, 3.05) is 0 Å². The molecule has 0 saturated heterocycles. The van der Waals surface area contributed by atoms with E-state index in [0.29, 0.717) is 17.1 Å². The van der Waals surface area contributed by atoms with Crippen LogP contribution in [0.25, 0.3) is 0 Å². The molecule has 3 saturated carbocycles. The molecular weight excluding hydrogens is 324 g/mol. The Bertz CT molecular complexity index is 650. The maximum Gasteiger partial charge on any atom is 0.302 e. The highest BCUT2D eigenvalue weighted by Crippen LogP contribution is 2.67. The minimum Gasteiger partial charge on any atom is -0.463 e. The van der Waals surface area contributed by atoms with Gasteiger partial charge in [-0.05, 0) is 86.5 Å². The van der Waals surface area contributed by atoms with E-state index >= 15 is 0 Å². The van der Waals surface area contributed by atoms with E-state index in [9.17, 15) is 9.59 Å². The molecule has 3 heteroatoms. The van der Waals surface area contributed by atoms with Crippen molar-refractivity contribution in [3.63, 3.8) is 0 Å². The van der Waals surface area contributed by atoms with Crippen LogP contribution in [0.4, 0.5) is 0 Å². The molecule has 0 aromatic rings. The normalized spacial score (nSPS) is 45.8. The van der Waals surface area contributed by atoms with Crippen molar-refractivity contribution in [1.82, 2.24) is 0 Å². The average molecular weight is 359 g/mol. The van der Waals surface area contributed by atoms with Gasteiger partial charge in [-0.25, -0.2) is 0 Å². The first-order chi connectivity index (χ1) is 12.3. The van der Waals surface area contributed by atoms with Gasteiger partial charge in [0.2, 0.25) is 0 Å². The van der Waals surface area contributed by atoms with E-state index in [1.807, 2.05) is 6.08 Å².